The molecule has 0 aliphatic carbocycles. The molecule has 15 heavy (non-hydrogen) atoms. The molecule has 0 unspecified atom stereocenters. The van der Waals surface area contributed by atoms with Gasteiger partial charge in [0.25, 0.3) is 0 Å². The van der Waals surface area contributed by atoms with Crippen LogP contribution in [0.25, 0.3) is 0 Å². The summed E-state index contributed by atoms with van der Waals surface area (Å²) in [5.41, 5.74) is 0. The van der Waals surface area contributed by atoms with Crippen molar-refractivity contribution in [1.82, 2.24) is 0 Å². The van der Waals surface area contributed by atoms with Gasteiger partial charge in [-0.2, -0.15) is 0 Å². The first-order chi connectivity index (χ1) is 7.22. The summed E-state index contributed by atoms with van der Waals surface area (Å²) >= 11 is 0. The molecular formula is C12H18O3. The molecular weight excluding hydrogens is 192 g/mol. The van der Waals surface area contributed by atoms with Crippen molar-refractivity contribution in [2.75, 3.05) is 20.3 Å². The Morgan fingerprint density at radius 3 is 2.13 bits per heavy atom. The minimum atomic E-state index is 0.254. The van der Waals surface area contributed by atoms with E-state index in [4.69, 9.17) is 14.2 Å². The van der Waals surface area contributed by atoms with Gasteiger partial charge < -0.3 is 14.2 Å². The van der Waals surface area contributed by atoms with Gasteiger partial charge in [-0.25, -0.2) is 0 Å². The first kappa shape index (κ1) is 11.9. The average Bonchev–Trinajstić information content (AvgIpc) is 2.25. The van der Waals surface area contributed by atoms with E-state index in [2.05, 4.69) is 0 Å². The van der Waals surface area contributed by atoms with E-state index < -0.39 is 0 Å². The molecule has 0 fully saturated rings. The number of ether oxygens (including phenoxy) is 3. The third-order valence-electron chi connectivity index (χ3n) is 1.86. The van der Waals surface area contributed by atoms with E-state index in [0.29, 0.717) is 13.2 Å². The fraction of sp³-hybridized carbons (Fsp3) is 0.500. The van der Waals surface area contributed by atoms with Crippen molar-refractivity contribution < 1.29 is 14.2 Å². The predicted octanol–water partition coefficient (Wildman–Crippen LogP) is 2.50. The van der Waals surface area contributed by atoms with Crippen LogP contribution in [0.2, 0.25) is 0 Å². The number of hydrogen-bond acceptors (Lipinski definition) is 3. The van der Waals surface area contributed by atoms with Gasteiger partial charge in [0.2, 0.25) is 0 Å². The standard InChI is InChI=1S/C12H18O3/c1-10(2)14-8-9-15-12-6-4-11(13-3)5-7-12/h4-7,10H,8-9H2,1-3H3. The second-order valence-corrected chi connectivity index (χ2v) is 3.44. The minimum Gasteiger partial charge on any atom is -0.497 e. The Hall–Kier alpha value is -1.22. The van der Waals surface area contributed by atoms with Crippen LogP contribution in [0.4, 0.5) is 0 Å². The van der Waals surface area contributed by atoms with Gasteiger partial charge in [-0.3, -0.25) is 0 Å². The molecule has 0 aromatic heterocycles. The Labute approximate surface area is 91.0 Å². The summed E-state index contributed by atoms with van der Waals surface area (Å²) in [4.78, 5) is 0. The van der Waals surface area contributed by atoms with Crippen LogP contribution >= 0.6 is 0 Å². The first-order valence-corrected chi connectivity index (χ1v) is 5.11. The number of rotatable bonds is 6. The molecule has 0 N–H and O–H groups in total. The molecule has 3 nitrogen and oxygen atoms in total. The molecule has 0 amide bonds. The highest BCUT2D eigenvalue weighted by Crippen LogP contribution is 2.16. The van der Waals surface area contributed by atoms with Crippen LogP contribution in [-0.4, -0.2) is 26.4 Å². The predicted molar refractivity (Wildman–Crippen MR) is 59.6 cm³/mol. The summed E-state index contributed by atoms with van der Waals surface area (Å²) in [6.45, 7) is 5.20. The van der Waals surface area contributed by atoms with Gasteiger partial charge in [0.1, 0.15) is 18.1 Å². The molecule has 84 valence electrons. The highest BCUT2D eigenvalue weighted by Gasteiger charge is 1.96. The number of benzene rings is 1. The zero-order chi connectivity index (χ0) is 11.1. The lowest BCUT2D eigenvalue weighted by Gasteiger charge is -2.09. The topological polar surface area (TPSA) is 27.7 Å². The molecule has 0 aliphatic heterocycles. The monoisotopic (exact) mass is 210 g/mol. The van der Waals surface area contributed by atoms with Crippen LogP contribution in [0, 0.1) is 0 Å². The van der Waals surface area contributed by atoms with Crippen molar-refractivity contribution in [2.45, 2.75) is 20.0 Å². The first-order valence-electron chi connectivity index (χ1n) is 5.11. The molecule has 0 atom stereocenters. The normalized spacial score (nSPS) is 10.4. The van der Waals surface area contributed by atoms with E-state index in [9.17, 15) is 0 Å². The van der Waals surface area contributed by atoms with Gasteiger partial charge >= 0.3 is 0 Å². The summed E-state index contributed by atoms with van der Waals surface area (Å²) in [5, 5.41) is 0. The van der Waals surface area contributed by atoms with Crippen LogP contribution in [0.3, 0.4) is 0 Å². The molecule has 0 saturated heterocycles. The Balaban J connectivity index is 2.25. The summed E-state index contributed by atoms with van der Waals surface area (Å²) < 4.78 is 15.9. The summed E-state index contributed by atoms with van der Waals surface area (Å²) in [6, 6.07) is 7.51. The van der Waals surface area contributed by atoms with E-state index >= 15 is 0 Å². The van der Waals surface area contributed by atoms with Crippen molar-refractivity contribution >= 4 is 0 Å². The van der Waals surface area contributed by atoms with Crippen molar-refractivity contribution in [3.8, 4) is 11.5 Å². The van der Waals surface area contributed by atoms with Gasteiger partial charge in [-0.1, -0.05) is 0 Å². The van der Waals surface area contributed by atoms with E-state index in [0.717, 1.165) is 11.5 Å². The lowest BCUT2D eigenvalue weighted by atomic mass is 10.3. The quantitative estimate of drug-likeness (QED) is 0.675. The van der Waals surface area contributed by atoms with Crippen molar-refractivity contribution in [3.63, 3.8) is 0 Å². The van der Waals surface area contributed by atoms with Crippen molar-refractivity contribution in [2.24, 2.45) is 0 Å². The van der Waals surface area contributed by atoms with Crippen LogP contribution in [0.1, 0.15) is 13.8 Å². The second kappa shape index (κ2) is 6.30. The van der Waals surface area contributed by atoms with Crippen LogP contribution in [-0.2, 0) is 4.74 Å². The smallest absolute Gasteiger partial charge is 0.119 e. The van der Waals surface area contributed by atoms with Crippen LogP contribution in [0.15, 0.2) is 24.3 Å². The maximum atomic E-state index is 5.48. The van der Waals surface area contributed by atoms with Crippen LogP contribution in [0.5, 0.6) is 11.5 Å². The molecule has 0 aliphatic rings. The van der Waals surface area contributed by atoms with Gasteiger partial charge in [-0.05, 0) is 38.1 Å². The Bertz CT molecular complexity index is 267. The SMILES string of the molecule is COc1ccc(OCCOC(C)C)cc1. The van der Waals surface area contributed by atoms with E-state index in [-0.39, 0.29) is 6.10 Å². The van der Waals surface area contributed by atoms with E-state index in [1.165, 1.54) is 0 Å². The minimum absolute atomic E-state index is 0.254. The molecule has 0 radical (unpaired) electrons. The number of methoxy groups -OCH3 is 1. The molecule has 0 heterocycles. The van der Waals surface area contributed by atoms with Gasteiger partial charge in [0.05, 0.1) is 19.8 Å². The lowest BCUT2D eigenvalue weighted by molar-refractivity contribution is 0.0552. The Morgan fingerprint density at radius 1 is 1.00 bits per heavy atom. The van der Waals surface area contributed by atoms with Crippen LogP contribution < -0.4 is 9.47 Å². The molecule has 1 rings (SSSR count). The van der Waals surface area contributed by atoms with Gasteiger partial charge in [-0.15, -0.1) is 0 Å². The molecule has 0 saturated carbocycles. The fourth-order valence-corrected chi connectivity index (χ4v) is 1.12. The highest BCUT2D eigenvalue weighted by atomic mass is 16.5. The van der Waals surface area contributed by atoms with Gasteiger partial charge in [0.15, 0.2) is 0 Å². The Morgan fingerprint density at radius 2 is 1.60 bits per heavy atom. The second-order valence-electron chi connectivity index (χ2n) is 3.44. The van der Waals surface area contributed by atoms with E-state index in [1.807, 2.05) is 38.1 Å². The summed E-state index contributed by atoms with van der Waals surface area (Å²) in [7, 11) is 1.65. The van der Waals surface area contributed by atoms with Gasteiger partial charge in [0, 0.05) is 0 Å². The lowest BCUT2D eigenvalue weighted by Crippen LogP contribution is -2.11. The number of hydrogen-bond donors (Lipinski definition) is 0. The van der Waals surface area contributed by atoms with Crippen molar-refractivity contribution in [1.29, 1.82) is 0 Å². The zero-order valence-corrected chi connectivity index (χ0v) is 9.53. The van der Waals surface area contributed by atoms with E-state index in [1.54, 1.807) is 7.11 Å². The third kappa shape index (κ3) is 4.70. The maximum absolute atomic E-state index is 5.48. The molecule has 0 bridgehead atoms. The molecule has 1 aromatic rings. The molecule has 1 aromatic carbocycles. The molecule has 0 spiro atoms. The fourth-order valence-electron chi connectivity index (χ4n) is 1.12. The highest BCUT2D eigenvalue weighted by molar-refractivity contribution is 5.31. The third-order valence-corrected chi connectivity index (χ3v) is 1.86. The van der Waals surface area contributed by atoms with Crippen molar-refractivity contribution in [3.05, 3.63) is 24.3 Å². The Kier molecular flexibility index (Phi) is 4.98. The summed E-state index contributed by atoms with van der Waals surface area (Å²) in [5.74, 6) is 1.67. The maximum Gasteiger partial charge on any atom is 0.119 e. The summed E-state index contributed by atoms with van der Waals surface area (Å²) in [6.07, 6.45) is 0.254. The largest absolute Gasteiger partial charge is 0.497 e. The molecule has 3 heteroatoms. The average molecular weight is 210 g/mol. The zero-order valence-electron chi connectivity index (χ0n) is 9.53.